The van der Waals surface area contributed by atoms with Crippen LogP contribution in [0.15, 0.2) is 48.5 Å². The summed E-state index contributed by atoms with van der Waals surface area (Å²) < 4.78 is 10.7. The summed E-state index contributed by atoms with van der Waals surface area (Å²) in [4.78, 5) is 35.7. The molecule has 1 heterocycles. The van der Waals surface area contributed by atoms with Crippen LogP contribution in [0.4, 0.5) is 4.79 Å². The number of fused-ring (bicyclic) bond motifs is 3. The molecule has 0 aromatic heterocycles. The monoisotopic (exact) mass is 480 g/mol. The number of carbonyl (C=O) groups excluding carboxylic acids is 2. The molecule has 0 saturated carbocycles. The minimum Gasteiger partial charge on any atom is -0.479 e. The molecule has 8 nitrogen and oxygen atoms in total. The molecule has 1 fully saturated rings. The highest BCUT2D eigenvalue weighted by Gasteiger charge is 2.34. The number of carboxylic acid groups (broad SMARTS) is 1. The summed E-state index contributed by atoms with van der Waals surface area (Å²) in [5.74, 6) is -1.26. The number of carbonyl (C=O) groups is 3. The maximum Gasteiger partial charge on any atom is 0.407 e. The summed E-state index contributed by atoms with van der Waals surface area (Å²) in [5, 5.41) is 14.7. The van der Waals surface area contributed by atoms with E-state index in [0.717, 1.165) is 0 Å². The normalized spacial score (nSPS) is 19.5. The van der Waals surface area contributed by atoms with Gasteiger partial charge in [0.25, 0.3) is 0 Å². The Balaban J connectivity index is 1.16. The summed E-state index contributed by atoms with van der Waals surface area (Å²) in [6, 6.07) is 16.4. The van der Waals surface area contributed by atoms with E-state index in [1.807, 2.05) is 31.2 Å². The van der Waals surface area contributed by atoms with Gasteiger partial charge in [-0.2, -0.15) is 0 Å². The lowest BCUT2D eigenvalue weighted by Gasteiger charge is -2.17. The molecule has 1 aliphatic heterocycles. The number of carboxylic acids is 1. The molecule has 0 bridgehead atoms. The lowest BCUT2D eigenvalue weighted by Crippen LogP contribution is -2.37. The molecule has 4 rings (SSSR count). The van der Waals surface area contributed by atoms with Crippen molar-refractivity contribution in [2.24, 2.45) is 11.8 Å². The van der Waals surface area contributed by atoms with E-state index in [4.69, 9.17) is 14.6 Å². The number of alkyl carbamates (subject to hydrolysis) is 1. The predicted molar refractivity (Wildman–Crippen MR) is 130 cm³/mol. The maximum atomic E-state index is 12.3. The van der Waals surface area contributed by atoms with Crippen LogP contribution in [0.25, 0.3) is 11.1 Å². The quantitative estimate of drug-likeness (QED) is 0.479. The van der Waals surface area contributed by atoms with Crippen molar-refractivity contribution >= 4 is 18.0 Å². The highest BCUT2D eigenvalue weighted by Crippen LogP contribution is 2.44. The lowest BCUT2D eigenvalue weighted by atomic mass is 9.98. The first-order chi connectivity index (χ1) is 16.9. The van der Waals surface area contributed by atoms with Gasteiger partial charge in [0.1, 0.15) is 6.61 Å². The van der Waals surface area contributed by atoms with Crippen LogP contribution in [0.5, 0.6) is 0 Å². The molecule has 2 aliphatic rings. The zero-order valence-electron chi connectivity index (χ0n) is 19.9. The SMILES string of the molecule is CC(CCNC(=O)OCC1c2ccccc2-c2ccccc21)CC(=O)NC[C@H]1CCO[C@H]1C(=O)O. The molecule has 186 valence electrons. The van der Waals surface area contributed by atoms with Crippen LogP contribution < -0.4 is 10.6 Å². The molecule has 8 heteroatoms. The van der Waals surface area contributed by atoms with Crippen molar-refractivity contribution in [3.63, 3.8) is 0 Å². The number of ether oxygens (including phenoxy) is 2. The fraction of sp³-hybridized carbons (Fsp3) is 0.444. The van der Waals surface area contributed by atoms with Gasteiger partial charge in [-0.05, 0) is 41.0 Å². The molecule has 1 saturated heterocycles. The van der Waals surface area contributed by atoms with E-state index in [9.17, 15) is 14.4 Å². The number of amides is 2. The van der Waals surface area contributed by atoms with E-state index in [0.29, 0.717) is 39.0 Å². The second-order valence-electron chi connectivity index (χ2n) is 9.33. The van der Waals surface area contributed by atoms with Gasteiger partial charge < -0.3 is 25.2 Å². The topological polar surface area (TPSA) is 114 Å². The Labute approximate surface area is 205 Å². The zero-order chi connectivity index (χ0) is 24.8. The Kier molecular flexibility index (Phi) is 8.02. The Morgan fingerprint density at radius 2 is 1.71 bits per heavy atom. The second kappa shape index (κ2) is 11.4. The molecular weight excluding hydrogens is 448 g/mol. The van der Waals surface area contributed by atoms with Crippen molar-refractivity contribution in [1.82, 2.24) is 10.6 Å². The average Bonchev–Trinajstić information content (AvgIpc) is 3.44. The molecule has 1 unspecified atom stereocenters. The van der Waals surface area contributed by atoms with Gasteiger partial charge in [0.05, 0.1) is 0 Å². The van der Waals surface area contributed by atoms with Gasteiger partial charge in [-0.1, -0.05) is 55.5 Å². The molecular formula is C27H32N2O6. The summed E-state index contributed by atoms with van der Waals surface area (Å²) >= 11 is 0. The molecule has 2 aromatic rings. The second-order valence-corrected chi connectivity index (χ2v) is 9.33. The van der Waals surface area contributed by atoms with Gasteiger partial charge in [-0.25, -0.2) is 9.59 Å². The Morgan fingerprint density at radius 1 is 1.06 bits per heavy atom. The Morgan fingerprint density at radius 3 is 2.37 bits per heavy atom. The molecule has 3 N–H and O–H groups in total. The van der Waals surface area contributed by atoms with Gasteiger partial charge >= 0.3 is 12.1 Å². The van der Waals surface area contributed by atoms with E-state index in [1.165, 1.54) is 22.3 Å². The molecule has 2 amide bonds. The number of nitrogens with one attached hydrogen (secondary N) is 2. The van der Waals surface area contributed by atoms with Crippen molar-refractivity contribution in [2.75, 3.05) is 26.3 Å². The third-order valence-corrected chi connectivity index (χ3v) is 6.80. The first-order valence-electron chi connectivity index (χ1n) is 12.1. The van der Waals surface area contributed by atoms with Crippen LogP contribution in [0.3, 0.4) is 0 Å². The zero-order valence-corrected chi connectivity index (χ0v) is 19.9. The molecule has 1 aliphatic carbocycles. The third-order valence-electron chi connectivity index (χ3n) is 6.80. The summed E-state index contributed by atoms with van der Waals surface area (Å²) in [6.07, 6.45) is 0.231. The maximum absolute atomic E-state index is 12.3. The van der Waals surface area contributed by atoms with Crippen LogP contribution >= 0.6 is 0 Å². The van der Waals surface area contributed by atoms with Crippen LogP contribution in [0.2, 0.25) is 0 Å². The number of hydrogen-bond acceptors (Lipinski definition) is 5. The minimum absolute atomic E-state index is 0.0155. The lowest BCUT2D eigenvalue weighted by molar-refractivity contribution is -0.149. The van der Waals surface area contributed by atoms with Crippen molar-refractivity contribution < 1.29 is 29.0 Å². The minimum atomic E-state index is -0.991. The van der Waals surface area contributed by atoms with Crippen LogP contribution in [0.1, 0.15) is 43.2 Å². The Hall–Kier alpha value is -3.39. The predicted octanol–water partition coefficient (Wildman–Crippen LogP) is 3.55. The molecule has 3 atom stereocenters. The first kappa shape index (κ1) is 24.7. The summed E-state index contributed by atoms with van der Waals surface area (Å²) in [7, 11) is 0. The fourth-order valence-electron chi connectivity index (χ4n) is 4.92. The standard InChI is InChI=1S/C27H32N2O6/c1-17(14-24(30)29-15-18-11-13-34-25(18)26(31)32)10-12-28-27(33)35-16-23-21-8-4-2-6-19(21)20-7-3-5-9-22(20)23/h2-9,17-18,23,25H,10-16H2,1H3,(H,28,33)(H,29,30)(H,31,32)/t17?,18-,25-/m1/s1. The van der Waals surface area contributed by atoms with Crippen molar-refractivity contribution in [1.29, 1.82) is 0 Å². The third kappa shape index (κ3) is 6.00. The van der Waals surface area contributed by atoms with E-state index in [-0.39, 0.29) is 30.3 Å². The fourth-order valence-corrected chi connectivity index (χ4v) is 4.92. The van der Waals surface area contributed by atoms with Crippen molar-refractivity contribution in [3.8, 4) is 11.1 Å². The number of benzene rings is 2. The van der Waals surface area contributed by atoms with E-state index >= 15 is 0 Å². The van der Waals surface area contributed by atoms with Gasteiger partial charge in [-0.3, -0.25) is 4.79 Å². The van der Waals surface area contributed by atoms with Crippen LogP contribution in [0, 0.1) is 11.8 Å². The van der Waals surface area contributed by atoms with E-state index in [2.05, 4.69) is 34.9 Å². The Bertz CT molecular complexity index is 1030. The largest absolute Gasteiger partial charge is 0.479 e. The van der Waals surface area contributed by atoms with E-state index < -0.39 is 18.2 Å². The first-order valence-corrected chi connectivity index (χ1v) is 12.1. The van der Waals surface area contributed by atoms with Crippen LogP contribution in [-0.2, 0) is 19.1 Å². The molecule has 0 radical (unpaired) electrons. The van der Waals surface area contributed by atoms with Gasteiger partial charge in [0.15, 0.2) is 6.10 Å². The number of aliphatic carboxylic acids is 1. The smallest absolute Gasteiger partial charge is 0.407 e. The van der Waals surface area contributed by atoms with E-state index in [1.54, 1.807) is 0 Å². The highest BCUT2D eigenvalue weighted by molar-refractivity contribution is 5.79. The summed E-state index contributed by atoms with van der Waals surface area (Å²) in [5.41, 5.74) is 4.70. The van der Waals surface area contributed by atoms with Gasteiger partial charge in [0.2, 0.25) is 5.91 Å². The van der Waals surface area contributed by atoms with Crippen molar-refractivity contribution in [3.05, 3.63) is 59.7 Å². The summed E-state index contributed by atoms with van der Waals surface area (Å²) in [6.45, 7) is 3.30. The molecule has 35 heavy (non-hydrogen) atoms. The highest BCUT2D eigenvalue weighted by atomic mass is 16.5. The number of hydrogen-bond donors (Lipinski definition) is 3. The van der Waals surface area contributed by atoms with Gasteiger partial charge in [-0.15, -0.1) is 0 Å². The number of rotatable bonds is 10. The molecule has 2 aromatic carbocycles. The van der Waals surface area contributed by atoms with Crippen LogP contribution in [-0.4, -0.2) is 55.5 Å². The van der Waals surface area contributed by atoms with Crippen molar-refractivity contribution in [2.45, 2.75) is 38.2 Å². The molecule has 0 spiro atoms. The van der Waals surface area contributed by atoms with Gasteiger partial charge in [0, 0.05) is 38.0 Å². The average molecular weight is 481 g/mol.